The van der Waals surface area contributed by atoms with Crippen LogP contribution in [0.15, 0.2) is 10.7 Å². The Kier molecular flexibility index (Phi) is 5.41. The average molecular weight is 316 g/mol. The first-order valence-electron chi connectivity index (χ1n) is 6.67. The number of nitrogens with zero attached hydrogens (tertiary/aromatic N) is 2. The molecule has 1 aromatic heterocycles. The zero-order chi connectivity index (χ0) is 13.9. The van der Waals surface area contributed by atoms with Gasteiger partial charge in [-0.1, -0.05) is 6.92 Å². The molecular weight excluding hydrogens is 290 g/mol. The first-order valence-corrected chi connectivity index (χ1v) is 7.47. The molecule has 1 rings (SSSR count). The van der Waals surface area contributed by atoms with Crippen molar-refractivity contribution >= 4 is 15.9 Å². The summed E-state index contributed by atoms with van der Waals surface area (Å²) >= 11 is 3.60. The van der Waals surface area contributed by atoms with Gasteiger partial charge in [-0.15, -0.1) is 0 Å². The minimum absolute atomic E-state index is 0.184. The molecule has 1 heterocycles. The van der Waals surface area contributed by atoms with E-state index >= 15 is 0 Å². The van der Waals surface area contributed by atoms with Crippen LogP contribution < -0.4 is 5.32 Å². The Bertz CT molecular complexity index is 377. The highest BCUT2D eigenvalue weighted by molar-refractivity contribution is 9.10. The molecule has 0 bridgehead atoms. The number of hydrogen-bond donors (Lipinski definition) is 1. The van der Waals surface area contributed by atoms with Gasteiger partial charge in [0.15, 0.2) is 0 Å². The van der Waals surface area contributed by atoms with Gasteiger partial charge in [-0.25, -0.2) is 0 Å². The summed E-state index contributed by atoms with van der Waals surface area (Å²) in [5, 5.41) is 7.98. The zero-order valence-electron chi connectivity index (χ0n) is 12.4. The molecule has 4 heteroatoms. The summed E-state index contributed by atoms with van der Waals surface area (Å²) in [5.41, 5.74) is 1.48. The van der Waals surface area contributed by atoms with Crippen LogP contribution in [0.4, 0.5) is 0 Å². The number of aromatic nitrogens is 2. The Hall–Kier alpha value is -0.350. The Morgan fingerprint density at radius 1 is 1.33 bits per heavy atom. The molecule has 0 fully saturated rings. The van der Waals surface area contributed by atoms with Gasteiger partial charge in [-0.2, -0.15) is 5.10 Å². The zero-order valence-corrected chi connectivity index (χ0v) is 14.0. The molecule has 0 aliphatic carbocycles. The van der Waals surface area contributed by atoms with Crippen LogP contribution in [0, 0.1) is 5.92 Å². The smallest absolute Gasteiger partial charge is 0.0635 e. The van der Waals surface area contributed by atoms with Gasteiger partial charge in [0, 0.05) is 11.6 Å². The number of halogens is 1. The molecule has 1 atom stereocenters. The highest BCUT2D eigenvalue weighted by Crippen LogP contribution is 2.22. The average Bonchev–Trinajstić information content (AvgIpc) is 2.57. The third-order valence-electron chi connectivity index (χ3n) is 2.86. The minimum Gasteiger partial charge on any atom is -0.312 e. The quantitative estimate of drug-likeness (QED) is 0.895. The van der Waals surface area contributed by atoms with Crippen molar-refractivity contribution in [2.45, 2.75) is 59.5 Å². The molecule has 0 aromatic carbocycles. The maximum Gasteiger partial charge on any atom is 0.0635 e. The van der Waals surface area contributed by atoms with E-state index in [1.807, 2.05) is 6.20 Å². The van der Waals surface area contributed by atoms with Gasteiger partial charge in [0.1, 0.15) is 0 Å². The van der Waals surface area contributed by atoms with Gasteiger partial charge < -0.3 is 5.32 Å². The highest BCUT2D eigenvalue weighted by atomic mass is 79.9. The van der Waals surface area contributed by atoms with E-state index < -0.39 is 0 Å². The van der Waals surface area contributed by atoms with Crippen LogP contribution in [0.3, 0.4) is 0 Å². The van der Waals surface area contributed by atoms with Gasteiger partial charge in [0.25, 0.3) is 0 Å². The van der Waals surface area contributed by atoms with Crippen LogP contribution in [0.5, 0.6) is 0 Å². The number of nitrogens with one attached hydrogen (secondary N) is 1. The topological polar surface area (TPSA) is 29.9 Å². The first-order chi connectivity index (χ1) is 8.20. The SMILES string of the molecule is CC(CNC(C)(C)C)Cc1c(Br)cnn1C(C)C. The predicted octanol–water partition coefficient (Wildman–Crippen LogP) is 3.79. The fourth-order valence-electron chi connectivity index (χ4n) is 1.89. The Morgan fingerprint density at radius 2 is 1.94 bits per heavy atom. The van der Waals surface area contributed by atoms with E-state index in [4.69, 9.17) is 0 Å². The van der Waals surface area contributed by atoms with E-state index in [2.05, 4.69) is 72.6 Å². The third kappa shape index (κ3) is 4.73. The van der Waals surface area contributed by atoms with Crippen molar-refractivity contribution in [3.8, 4) is 0 Å². The van der Waals surface area contributed by atoms with Gasteiger partial charge in [-0.3, -0.25) is 4.68 Å². The lowest BCUT2D eigenvalue weighted by atomic mass is 10.0. The molecule has 1 unspecified atom stereocenters. The monoisotopic (exact) mass is 315 g/mol. The summed E-state index contributed by atoms with van der Waals surface area (Å²) in [6.07, 6.45) is 2.95. The summed E-state index contributed by atoms with van der Waals surface area (Å²) < 4.78 is 3.23. The van der Waals surface area contributed by atoms with Crippen LogP contribution in [0.1, 0.15) is 53.3 Å². The molecule has 0 radical (unpaired) electrons. The second-order valence-corrected chi connectivity index (χ2v) is 7.27. The molecule has 1 aromatic rings. The van der Waals surface area contributed by atoms with Gasteiger partial charge in [-0.05, 0) is 69.4 Å². The standard InChI is InChI=1S/C14H26BrN3/c1-10(2)18-13(12(15)9-17-18)7-11(3)8-16-14(4,5)6/h9-11,16H,7-8H2,1-6H3. The summed E-state index contributed by atoms with van der Waals surface area (Å²) in [7, 11) is 0. The van der Waals surface area contributed by atoms with Crippen molar-refractivity contribution < 1.29 is 0 Å². The fourth-order valence-corrected chi connectivity index (χ4v) is 2.32. The molecule has 1 N–H and O–H groups in total. The molecule has 0 aliphatic heterocycles. The molecule has 3 nitrogen and oxygen atoms in total. The maximum atomic E-state index is 4.43. The lowest BCUT2D eigenvalue weighted by Gasteiger charge is -2.24. The van der Waals surface area contributed by atoms with Gasteiger partial charge >= 0.3 is 0 Å². The van der Waals surface area contributed by atoms with Crippen molar-refractivity contribution in [1.82, 2.24) is 15.1 Å². The minimum atomic E-state index is 0.184. The van der Waals surface area contributed by atoms with Crippen molar-refractivity contribution in [2.75, 3.05) is 6.54 Å². The summed E-state index contributed by atoms with van der Waals surface area (Å²) in [4.78, 5) is 0. The maximum absolute atomic E-state index is 4.43. The normalized spacial score (nSPS) is 14.2. The molecular formula is C14H26BrN3. The Balaban J connectivity index is 2.64. The molecule has 18 heavy (non-hydrogen) atoms. The summed E-state index contributed by atoms with van der Waals surface area (Å²) in [6, 6.07) is 0.411. The van der Waals surface area contributed by atoms with E-state index in [-0.39, 0.29) is 5.54 Å². The van der Waals surface area contributed by atoms with Crippen molar-refractivity contribution in [3.63, 3.8) is 0 Å². The van der Waals surface area contributed by atoms with Gasteiger partial charge in [0.05, 0.1) is 16.4 Å². The van der Waals surface area contributed by atoms with Crippen molar-refractivity contribution in [1.29, 1.82) is 0 Å². The van der Waals surface area contributed by atoms with Crippen molar-refractivity contribution in [3.05, 3.63) is 16.4 Å². The number of hydrogen-bond acceptors (Lipinski definition) is 2. The van der Waals surface area contributed by atoms with Crippen molar-refractivity contribution in [2.24, 2.45) is 5.92 Å². The predicted molar refractivity (Wildman–Crippen MR) is 80.9 cm³/mol. The van der Waals surface area contributed by atoms with Crippen LogP contribution in [0.25, 0.3) is 0 Å². The van der Waals surface area contributed by atoms with Crippen LogP contribution in [-0.2, 0) is 6.42 Å². The van der Waals surface area contributed by atoms with Gasteiger partial charge in [0.2, 0.25) is 0 Å². The van der Waals surface area contributed by atoms with E-state index in [0.717, 1.165) is 17.4 Å². The molecule has 0 spiro atoms. The number of rotatable bonds is 5. The van der Waals surface area contributed by atoms with Crippen LogP contribution >= 0.6 is 15.9 Å². The summed E-state index contributed by atoms with van der Waals surface area (Å²) in [5.74, 6) is 0.592. The molecule has 0 aliphatic rings. The Labute approximate surface area is 119 Å². The molecule has 0 saturated heterocycles. The first kappa shape index (κ1) is 15.7. The molecule has 104 valence electrons. The van der Waals surface area contributed by atoms with E-state index in [1.54, 1.807) is 0 Å². The lowest BCUT2D eigenvalue weighted by Crippen LogP contribution is -2.39. The molecule has 0 saturated carbocycles. The van der Waals surface area contributed by atoms with E-state index in [0.29, 0.717) is 12.0 Å². The van der Waals surface area contributed by atoms with Crippen LogP contribution in [-0.4, -0.2) is 21.9 Å². The largest absolute Gasteiger partial charge is 0.312 e. The second-order valence-electron chi connectivity index (χ2n) is 6.42. The fraction of sp³-hybridized carbons (Fsp3) is 0.786. The van der Waals surface area contributed by atoms with E-state index in [9.17, 15) is 0 Å². The summed E-state index contributed by atoms with van der Waals surface area (Å²) in [6.45, 7) is 14.3. The molecule has 0 amide bonds. The van der Waals surface area contributed by atoms with Crippen LogP contribution in [0.2, 0.25) is 0 Å². The highest BCUT2D eigenvalue weighted by Gasteiger charge is 2.16. The van der Waals surface area contributed by atoms with E-state index in [1.165, 1.54) is 5.69 Å². The lowest BCUT2D eigenvalue weighted by molar-refractivity contribution is 0.374. The Morgan fingerprint density at radius 3 is 2.44 bits per heavy atom. The third-order valence-corrected chi connectivity index (χ3v) is 3.52. The second kappa shape index (κ2) is 6.20.